The van der Waals surface area contributed by atoms with E-state index in [0.29, 0.717) is 25.7 Å². The zero-order chi connectivity index (χ0) is 19.2. The average Bonchev–Trinajstić information content (AvgIpc) is 2.99. The Labute approximate surface area is 161 Å². The van der Waals surface area contributed by atoms with Gasteiger partial charge in [0.05, 0.1) is 11.3 Å². The summed E-state index contributed by atoms with van der Waals surface area (Å²) in [6.45, 7) is 1.72. The molecule has 0 spiro atoms. The maximum Gasteiger partial charge on any atom is 0.261 e. The van der Waals surface area contributed by atoms with Crippen LogP contribution < -0.4 is 15.4 Å². The predicted octanol–water partition coefficient (Wildman–Crippen LogP) is 2.46. The fraction of sp³-hybridized carbons (Fsp3) is 0.474. The van der Waals surface area contributed by atoms with Gasteiger partial charge in [0.15, 0.2) is 12.7 Å². The second-order valence-electron chi connectivity index (χ2n) is 7.79. The van der Waals surface area contributed by atoms with Crippen LogP contribution >= 0.6 is 11.6 Å². The highest BCUT2D eigenvalue weighted by Crippen LogP contribution is 2.60. The molecule has 1 unspecified atom stereocenters. The van der Waals surface area contributed by atoms with E-state index >= 15 is 0 Å². The Morgan fingerprint density at radius 2 is 2.00 bits per heavy atom. The Bertz CT molecular complexity index is 821. The number of hydrogen-bond donors (Lipinski definition) is 2. The number of hydrogen-bond acceptors (Lipinski definition) is 4. The van der Waals surface area contributed by atoms with Crippen LogP contribution in [-0.2, 0) is 14.3 Å². The summed E-state index contributed by atoms with van der Waals surface area (Å²) in [6.07, 6.45) is 3.90. The summed E-state index contributed by atoms with van der Waals surface area (Å²) in [7, 11) is 0. The highest BCUT2D eigenvalue weighted by Gasteiger charge is 2.69. The van der Waals surface area contributed by atoms with E-state index in [1.54, 1.807) is 6.26 Å². The van der Waals surface area contributed by atoms with Gasteiger partial charge in [-0.3, -0.25) is 9.59 Å². The Morgan fingerprint density at radius 3 is 2.63 bits per heavy atom. The lowest BCUT2D eigenvalue weighted by atomic mass is 9.44. The minimum atomic E-state index is -0.594. The van der Waals surface area contributed by atoms with Crippen LogP contribution in [0.3, 0.4) is 0 Å². The SMILES string of the molecule is CC1=COC(C(=O)NC23CC(NC(=O)COc4ccc(Cl)c(F)c4)(C2)C3)C1. The van der Waals surface area contributed by atoms with Gasteiger partial charge in [0.2, 0.25) is 0 Å². The molecule has 1 aromatic carbocycles. The van der Waals surface area contributed by atoms with Crippen molar-refractivity contribution in [1.82, 2.24) is 10.6 Å². The quantitative estimate of drug-likeness (QED) is 0.777. The molecule has 5 rings (SSSR count). The molecule has 4 aliphatic rings. The van der Waals surface area contributed by atoms with E-state index in [1.807, 2.05) is 6.92 Å². The highest BCUT2D eigenvalue weighted by molar-refractivity contribution is 6.30. The standard InChI is InChI=1S/C19H20ClFN2O4/c1-11-4-15(27-6-11)17(25)23-19-8-18(9-19,10-19)22-16(24)7-26-12-2-3-13(20)14(21)5-12/h2-3,5-6,15H,4,7-10H2,1H3,(H,22,24)(H,23,25). The molecule has 0 saturated heterocycles. The molecule has 27 heavy (non-hydrogen) atoms. The number of nitrogens with one attached hydrogen (secondary N) is 2. The Balaban J connectivity index is 1.20. The molecule has 144 valence electrons. The number of benzene rings is 1. The molecule has 2 amide bonds. The summed E-state index contributed by atoms with van der Waals surface area (Å²) in [5, 5.41) is 6.01. The van der Waals surface area contributed by atoms with Gasteiger partial charge in [-0.15, -0.1) is 0 Å². The van der Waals surface area contributed by atoms with Gasteiger partial charge in [0.1, 0.15) is 11.6 Å². The zero-order valence-corrected chi connectivity index (χ0v) is 15.6. The summed E-state index contributed by atoms with van der Waals surface area (Å²) in [5.74, 6) is -0.725. The molecular weight excluding hydrogens is 375 g/mol. The molecule has 1 aromatic rings. The average molecular weight is 395 g/mol. The molecule has 0 aromatic heterocycles. The largest absolute Gasteiger partial charge is 0.488 e. The second-order valence-corrected chi connectivity index (χ2v) is 8.19. The predicted molar refractivity (Wildman–Crippen MR) is 95.8 cm³/mol. The van der Waals surface area contributed by atoms with Crippen molar-refractivity contribution in [3.05, 3.63) is 40.9 Å². The zero-order valence-electron chi connectivity index (χ0n) is 14.8. The van der Waals surface area contributed by atoms with Crippen LogP contribution in [0.1, 0.15) is 32.6 Å². The van der Waals surface area contributed by atoms with Gasteiger partial charge in [-0.1, -0.05) is 11.6 Å². The number of carbonyl (C=O) groups is 2. The lowest BCUT2D eigenvalue weighted by molar-refractivity contribution is -0.154. The lowest BCUT2D eigenvalue weighted by Gasteiger charge is -2.70. The van der Waals surface area contributed by atoms with Crippen molar-refractivity contribution in [2.24, 2.45) is 0 Å². The van der Waals surface area contributed by atoms with Crippen LogP contribution in [0.15, 0.2) is 30.0 Å². The molecule has 3 saturated carbocycles. The van der Waals surface area contributed by atoms with E-state index in [0.717, 1.165) is 11.6 Å². The second kappa shape index (κ2) is 6.41. The summed E-state index contributed by atoms with van der Waals surface area (Å²) < 4.78 is 24.0. The highest BCUT2D eigenvalue weighted by atomic mass is 35.5. The van der Waals surface area contributed by atoms with Gasteiger partial charge in [0.25, 0.3) is 11.8 Å². The molecule has 3 fully saturated rings. The Morgan fingerprint density at radius 1 is 1.30 bits per heavy atom. The van der Waals surface area contributed by atoms with Gasteiger partial charge >= 0.3 is 0 Å². The first-order valence-corrected chi connectivity index (χ1v) is 9.18. The minimum Gasteiger partial charge on any atom is -0.488 e. The maximum absolute atomic E-state index is 13.4. The van der Waals surface area contributed by atoms with E-state index in [-0.39, 0.29) is 40.3 Å². The van der Waals surface area contributed by atoms with Crippen LogP contribution in [0.5, 0.6) is 5.75 Å². The number of rotatable bonds is 6. The molecule has 6 nitrogen and oxygen atoms in total. The first-order valence-electron chi connectivity index (χ1n) is 8.80. The summed E-state index contributed by atoms with van der Waals surface area (Å²) in [4.78, 5) is 24.3. The number of halogens is 2. The minimum absolute atomic E-state index is 0.00181. The van der Waals surface area contributed by atoms with Crippen molar-refractivity contribution in [2.45, 2.75) is 49.8 Å². The van der Waals surface area contributed by atoms with Crippen molar-refractivity contribution < 1.29 is 23.5 Å². The van der Waals surface area contributed by atoms with Crippen LogP contribution in [0.4, 0.5) is 4.39 Å². The van der Waals surface area contributed by atoms with Gasteiger partial charge in [-0.05, 0) is 43.9 Å². The van der Waals surface area contributed by atoms with Gasteiger partial charge < -0.3 is 20.1 Å². The fourth-order valence-corrected chi connectivity index (χ4v) is 4.30. The Hall–Kier alpha value is -2.28. The lowest BCUT2D eigenvalue weighted by Crippen LogP contribution is -2.84. The first-order chi connectivity index (χ1) is 12.8. The van der Waals surface area contributed by atoms with Crippen LogP contribution in [0, 0.1) is 5.82 Å². The topological polar surface area (TPSA) is 76.7 Å². The van der Waals surface area contributed by atoms with Crippen LogP contribution in [0.2, 0.25) is 5.02 Å². The van der Waals surface area contributed by atoms with E-state index in [1.165, 1.54) is 12.1 Å². The molecular formula is C19H20ClFN2O4. The third kappa shape index (κ3) is 3.48. The van der Waals surface area contributed by atoms with E-state index in [9.17, 15) is 14.0 Å². The van der Waals surface area contributed by atoms with Crippen molar-refractivity contribution in [3.63, 3.8) is 0 Å². The van der Waals surface area contributed by atoms with E-state index < -0.39 is 11.9 Å². The molecule has 8 heteroatoms. The van der Waals surface area contributed by atoms with Crippen molar-refractivity contribution in [3.8, 4) is 5.75 Å². The first kappa shape index (κ1) is 18.1. The van der Waals surface area contributed by atoms with Crippen molar-refractivity contribution in [2.75, 3.05) is 6.61 Å². The summed E-state index contributed by atoms with van der Waals surface area (Å²) in [6, 6.07) is 4.03. The summed E-state index contributed by atoms with van der Waals surface area (Å²) in [5.41, 5.74) is 0.547. The molecule has 1 aliphatic heterocycles. The maximum atomic E-state index is 13.4. The van der Waals surface area contributed by atoms with Crippen LogP contribution in [0.25, 0.3) is 0 Å². The normalized spacial score (nSPS) is 30.3. The third-order valence-corrected chi connectivity index (χ3v) is 5.62. The van der Waals surface area contributed by atoms with Crippen molar-refractivity contribution in [1.29, 1.82) is 0 Å². The smallest absolute Gasteiger partial charge is 0.261 e. The molecule has 0 radical (unpaired) electrons. The van der Waals surface area contributed by atoms with E-state index in [2.05, 4.69) is 10.6 Å². The molecule has 3 aliphatic carbocycles. The molecule has 2 bridgehead atoms. The van der Waals surface area contributed by atoms with Gasteiger partial charge in [-0.2, -0.15) is 0 Å². The monoisotopic (exact) mass is 394 g/mol. The van der Waals surface area contributed by atoms with Gasteiger partial charge in [-0.25, -0.2) is 4.39 Å². The number of amides is 2. The molecule has 2 N–H and O–H groups in total. The van der Waals surface area contributed by atoms with Crippen LogP contribution in [-0.4, -0.2) is 35.6 Å². The van der Waals surface area contributed by atoms with E-state index in [4.69, 9.17) is 21.1 Å². The van der Waals surface area contributed by atoms with Gasteiger partial charge in [0, 0.05) is 23.6 Å². The fourth-order valence-electron chi connectivity index (χ4n) is 4.18. The number of carbonyl (C=O) groups excluding carboxylic acids is 2. The Kier molecular flexibility index (Phi) is 4.29. The molecule has 1 atom stereocenters. The third-order valence-electron chi connectivity index (χ3n) is 5.32. The summed E-state index contributed by atoms with van der Waals surface area (Å²) >= 11 is 5.61. The molecule has 1 heterocycles. The number of ether oxygens (including phenoxy) is 2. The van der Waals surface area contributed by atoms with Crippen molar-refractivity contribution >= 4 is 23.4 Å².